The Balaban J connectivity index is 1.81. The second-order valence-electron chi connectivity index (χ2n) is 7.55. The van der Waals surface area contributed by atoms with Gasteiger partial charge in [0.15, 0.2) is 5.69 Å². The van der Waals surface area contributed by atoms with E-state index in [1.54, 1.807) is 28.8 Å². The van der Waals surface area contributed by atoms with Gasteiger partial charge in [-0.1, -0.05) is 6.07 Å². The molecule has 1 aromatic carbocycles. The minimum atomic E-state index is -0.582. The molecule has 2 N–H and O–H groups in total. The maximum atomic E-state index is 12.7. The Kier molecular flexibility index (Phi) is 4.82. The molecule has 0 bridgehead atoms. The predicted octanol–water partition coefficient (Wildman–Crippen LogP) is 2.67. The lowest BCUT2D eigenvalue weighted by Gasteiger charge is -2.30. The van der Waals surface area contributed by atoms with Crippen LogP contribution in [0, 0.1) is 0 Å². The summed E-state index contributed by atoms with van der Waals surface area (Å²) in [6, 6.07) is 6.31. The van der Waals surface area contributed by atoms with Crippen molar-refractivity contribution in [2.24, 2.45) is 7.05 Å². The Morgan fingerprint density at radius 1 is 1.30 bits per heavy atom. The fraction of sp³-hybridized carbons (Fsp3) is 0.421. The van der Waals surface area contributed by atoms with E-state index in [1.807, 2.05) is 20.8 Å². The molecule has 1 aromatic heterocycles. The fourth-order valence-corrected chi connectivity index (χ4v) is 3.03. The second kappa shape index (κ2) is 6.94. The van der Waals surface area contributed by atoms with E-state index >= 15 is 0 Å². The van der Waals surface area contributed by atoms with Crippen molar-refractivity contribution in [3.05, 3.63) is 41.2 Å². The maximum Gasteiger partial charge on any atom is 0.410 e. The summed E-state index contributed by atoms with van der Waals surface area (Å²) in [7, 11) is 1.78. The Morgan fingerprint density at radius 3 is 2.70 bits per heavy atom. The van der Waals surface area contributed by atoms with E-state index in [9.17, 15) is 14.7 Å². The van der Waals surface area contributed by atoms with Gasteiger partial charge in [0.1, 0.15) is 11.4 Å². The molecule has 2 heterocycles. The zero-order valence-corrected chi connectivity index (χ0v) is 15.9. The summed E-state index contributed by atoms with van der Waals surface area (Å²) < 4.78 is 7.12. The lowest BCUT2D eigenvalue weighted by Crippen LogP contribution is -2.40. The second-order valence-corrected chi connectivity index (χ2v) is 7.55. The first kappa shape index (κ1) is 18.8. The Bertz CT molecular complexity index is 882. The molecule has 0 saturated heterocycles. The lowest BCUT2D eigenvalue weighted by atomic mass is 10.0. The van der Waals surface area contributed by atoms with Crippen LogP contribution >= 0.6 is 0 Å². The number of aromatic nitrogens is 2. The van der Waals surface area contributed by atoms with Crippen LogP contribution < -0.4 is 5.32 Å². The van der Waals surface area contributed by atoms with Crippen molar-refractivity contribution in [1.29, 1.82) is 0 Å². The monoisotopic (exact) mass is 372 g/mol. The highest BCUT2D eigenvalue weighted by atomic mass is 16.6. The number of fused-ring (bicyclic) bond motifs is 1. The van der Waals surface area contributed by atoms with E-state index in [0.29, 0.717) is 24.2 Å². The van der Waals surface area contributed by atoms with Crippen molar-refractivity contribution >= 4 is 17.7 Å². The molecule has 1 aliphatic rings. The summed E-state index contributed by atoms with van der Waals surface area (Å²) in [5, 5.41) is 16.6. The van der Waals surface area contributed by atoms with Crippen LogP contribution in [0.4, 0.5) is 10.5 Å². The number of carbonyl (C=O) groups is 2. The molecule has 144 valence electrons. The standard InChI is InChI=1S/C19H24N4O4/c1-19(2,3)27-18(26)23-9-8-15-14(11-23)16(21-22(15)4)17(25)20-12-6-5-7-13(24)10-12/h5-7,10,24H,8-9,11H2,1-4H3,(H,20,25). The molecule has 27 heavy (non-hydrogen) atoms. The fourth-order valence-electron chi connectivity index (χ4n) is 3.03. The molecule has 8 heteroatoms. The zero-order valence-electron chi connectivity index (χ0n) is 15.9. The van der Waals surface area contributed by atoms with Gasteiger partial charge in [0.05, 0.1) is 6.54 Å². The number of nitrogens with one attached hydrogen (secondary N) is 1. The van der Waals surface area contributed by atoms with Crippen molar-refractivity contribution in [3.63, 3.8) is 0 Å². The first-order valence-electron chi connectivity index (χ1n) is 8.77. The number of ether oxygens (including phenoxy) is 1. The van der Waals surface area contributed by atoms with E-state index in [1.165, 1.54) is 12.1 Å². The highest BCUT2D eigenvalue weighted by molar-refractivity contribution is 6.04. The average Bonchev–Trinajstić information content (AvgIpc) is 2.90. The summed E-state index contributed by atoms with van der Waals surface area (Å²) >= 11 is 0. The number of hydrogen-bond donors (Lipinski definition) is 2. The van der Waals surface area contributed by atoms with Gasteiger partial charge in [-0.25, -0.2) is 4.79 Å². The van der Waals surface area contributed by atoms with E-state index in [2.05, 4.69) is 10.4 Å². The number of aryl methyl sites for hydroxylation is 1. The molecule has 0 saturated carbocycles. The number of anilines is 1. The van der Waals surface area contributed by atoms with Crippen molar-refractivity contribution in [2.45, 2.75) is 39.3 Å². The molecule has 0 spiro atoms. The molecule has 0 fully saturated rings. The summed E-state index contributed by atoms with van der Waals surface area (Å²) in [5.41, 5.74) is 1.80. The summed E-state index contributed by atoms with van der Waals surface area (Å²) in [6.07, 6.45) is 0.189. The third-order valence-electron chi connectivity index (χ3n) is 4.21. The number of amides is 2. The van der Waals surface area contributed by atoms with E-state index in [4.69, 9.17) is 4.74 Å². The topological polar surface area (TPSA) is 96.7 Å². The number of aromatic hydroxyl groups is 1. The van der Waals surface area contributed by atoms with Crippen LogP contribution in [0.15, 0.2) is 24.3 Å². The average molecular weight is 372 g/mol. The SMILES string of the molecule is Cn1nc(C(=O)Nc2cccc(O)c2)c2c1CCN(C(=O)OC(C)(C)C)C2. The molecule has 8 nitrogen and oxygen atoms in total. The number of benzene rings is 1. The van der Waals surface area contributed by atoms with Crippen LogP contribution in [0.3, 0.4) is 0 Å². The third-order valence-corrected chi connectivity index (χ3v) is 4.21. The number of rotatable bonds is 2. The molecule has 0 radical (unpaired) electrons. The normalized spacial score (nSPS) is 13.9. The van der Waals surface area contributed by atoms with Crippen LogP contribution in [-0.4, -0.2) is 43.9 Å². The van der Waals surface area contributed by atoms with Gasteiger partial charge in [-0.3, -0.25) is 9.48 Å². The largest absolute Gasteiger partial charge is 0.508 e. The molecular weight excluding hydrogens is 348 g/mol. The van der Waals surface area contributed by atoms with Gasteiger partial charge in [-0.05, 0) is 32.9 Å². The van der Waals surface area contributed by atoms with Crippen LogP contribution in [-0.2, 0) is 24.8 Å². The number of nitrogens with zero attached hydrogens (tertiary/aromatic N) is 3. The number of phenols is 1. The Morgan fingerprint density at radius 2 is 2.04 bits per heavy atom. The van der Waals surface area contributed by atoms with E-state index < -0.39 is 11.7 Å². The molecule has 0 unspecified atom stereocenters. The van der Waals surface area contributed by atoms with Gasteiger partial charge in [0.2, 0.25) is 0 Å². The van der Waals surface area contributed by atoms with Crippen LogP contribution in [0.2, 0.25) is 0 Å². The van der Waals surface area contributed by atoms with Gasteiger partial charge < -0.3 is 20.1 Å². The van der Waals surface area contributed by atoms with Crippen LogP contribution in [0.1, 0.15) is 42.5 Å². The Hall–Kier alpha value is -3.03. The maximum absolute atomic E-state index is 12.7. The van der Waals surface area contributed by atoms with E-state index in [0.717, 1.165) is 5.69 Å². The smallest absolute Gasteiger partial charge is 0.410 e. The molecule has 0 atom stereocenters. The minimum absolute atomic E-state index is 0.0620. The molecule has 1 aliphatic heterocycles. The van der Waals surface area contributed by atoms with Crippen molar-refractivity contribution < 1.29 is 19.4 Å². The van der Waals surface area contributed by atoms with Crippen molar-refractivity contribution in [3.8, 4) is 5.75 Å². The van der Waals surface area contributed by atoms with Gasteiger partial charge in [0.25, 0.3) is 5.91 Å². The van der Waals surface area contributed by atoms with Crippen molar-refractivity contribution in [1.82, 2.24) is 14.7 Å². The minimum Gasteiger partial charge on any atom is -0.508 e. The summed E-state index contributed by atoms with van der Waals surface area (Å²) in [4.78, 5) is 26.7. The Labute approximate surface area is 157 Å². The zero-order chi connectivity index (χ0) is 19.8. The molecule has 2 aromatic rings. The molecule has 2 amide bonds. The highest BCUT2D eigenvalue weighted by Gasteiger charge is 2.31. The molecule has 0 aliphatic carbocycles. The lowest BCUT2D eigenvalue weighted by molar-refractivity contribution is 0.0222. The highest BCUT2D eigenvalue weighted by Crippen LogP contribution is 2.25. The van der Waals surface area contributed by atoms with Gasteiger partial charge in [-0.15, -0.1) is 0 Å². The summed E-state index contributed by atoms with van der Waals surface area (Å²) in [5.74, 6) is -0.324. The van der Waals surface area contributed by atoms with E-state index in [-0.39, 0.29) is 23.9 Å². The first-order chi connectivity index (χ1) is 12.6. The first-order valence-corrected chi connectivity index (χ1v) is 8.77. The predicted molar refractivity (Wildman–Crippen MR) is 99.6 cm³/mol. The number of phenolic OH excluding ortho intramolecular Hbond substituents is 1. The van der Waals surface area contributed by atoms with Gasteiger partial charge >= 0.3 is 6.09 Å². The van der Waals surface area contributed by atoms with Crippen molar-refractivity contribution in [2.75, 3.05) is 11.9 Å². The molecular formula is C19H24N4O4. The van der Waals surface area contributed by atoms with Gasteiger partial charge in [0, 0.05) is 43.0 Å². The van der Waals surface area contributed by atoms with Crippen LogP contribution in [0.5, 0.6) is 5.75 Å². The van der Waals surface area contributed by atoms with Gasteiger partial charge in [-0.2, -0.15) is 5.10 Å². The van der Waals surface area contributed by atoms with Crippen LogP contribution in [0.25, 0.3) is 0 Å². The number of hydrogen-bond acceptors (Lipinski definition) is 5. The molecule has 3 rings (SSSR count). The number of carbonyl (C=O) groups excluding carboxylic acids is 2. The summed E-state index contributed by atoms with van der Waals surface area (Å²) in [6.45, 7) is 6.23. The quantitative estimate of drug-likeness (QED) is 0.845. The third kappa shape index (κ3) is 4.21.